The molecule has 14 heteroatoms. The van der Waals surface area contributed by atoms with Gasteiger partial charge in [-0.25, -0.2) is 4.68 Å². The van der Waals surface area contributed by atoms with Crippen LogP contribution in [0, 0.1) is 35.5 Å². The van der Waals surface area contributed by atoms with Gasteiger partial charge in [0.15, 0.2) is 0 Å². The topological polar surface area (TPSA) is 100 Å². The largest absolute Gasteiger partial charge is 0.303 e. The van der Waals surface area contributed by atoms with Crippen LogP contribution in [0.4, 0.5) is 0 Å². The Morgan fingerprint density at radius 1 is 0.558 bits per heavy atom. The Morgan fingerprint density at radius 2 is 1.10 bits per heavy atom. The number of aryl methyl sites for hydroxylation is 2. The molecule has 4 aliphatic heterocycles. The number of nitrogens with zero attached hydrogens (tertiary/aromatic N) is 12. The van der Waals surface area contributed by atoms with Crippen LogP contribution in [0.25, 0.3) is 0 Å². The minimum absolute atomic E-state index is 0.605. The van der Waals surface area contributed by atoms with Gasteiger partial charge < -0.3 is 9.80 Å². The highest BCUT2D eigenvalue weighted by molar-refractivity contribution is 8.00. The summed E-state index contributed by atoms with van der Waals surface area (Å²) in [7, 11) is 8.38. The highest BCUT2D eigenvalue weighted by atomic mass is 32.2. The molecule has 6 fully saturated rings. The molecule has 2 aromatic heterocycles. The van der Waals surface area contributed by atoms with E-state index in [-0.39, 0.29) is 0 Å². The van der Waals surface area contributed by atoms with Crippen LogP contribution in [-0.2, 0) is 14.1 Å². The molecule has 0 aromatic carbocycles. The van der Waals surface area contributed by atoms with Gasteiger partial charge in [0.25, 0.3) is 0 Å². The standard InChI is InChI=1S/2C19H34N6S/c1-13-7-17-9-15(5-6-16(17)11-23(13)3)10-25-12-18(8-14(25)2)26-19-20-21-22-24(19)4;1-13-7-17-9-15(5-6-16(17)11-23(13)3)10-25-12-18(8-14(25)2)26-19-20-22-24(4)21-19/h2*13-18H,5-12H2,1-4H3/t2*13-,14?,15+,16+,17+,18?/m11/s1. The van der Waals surface area contributed by atoms with E-state index >= 15 is 0 Å². The van der Waals surface area contributed by atoms with E-state index in [0.717, 1.165) is 57.9 Å². The minimum atomic E-state index is 0.605. The minimum Gasteiger partial charge on any atom is -0.303 e. The second-order valence-electron chi connectivity index (χ2n) is 18.2. The number of thioether (sulfide) groups is 2. The van der Waals surface area contributed by atoms with Gasteiger partial charge in [-0.2, -0.15) is 4.80 Å². The maximum Gasteiger partial charge on any atom is 0.231 e. The summed E-state index contributed by atoms with van der Waals surface area (Å²) in [4.78, 5) is 12.2. The molecule has 8 rings (SSSR count). The number of hydrogen-bond donors (Lipinski definition) is 0. The lowest BCUT2D eigenvalue weighted by molar-refractivity contribution is 0.0369. The fourth-order valence-electron chi connectivity index (χ4n) is 10.9. The summed E-state index contributed by atoms with van der Waals surface area (Å²) < 4.78 is 1.79. The molecule has 6 aliphatic rings. The first-order valence-corrected chi connectivity index (χ1v) is 22.4. The van der Waals surface area contributed by atoms with Crippen molar-refractivity contribution in [1.82, 2.24) is 60.0 Å². The van der Waals surface area contributed by atoms with Crippen LogP contribution >= 0.6 is 23.5 Å². The van der Waals surface area contributed by atoms with Crippen molar-refractivity contribution in [2.75, 3.05) is 53.4 Å². The molecule has 2 aliphatic carbocycles. The second-order valence-corrected chi connectivity index (χ2v) is 20.7. The van der Waals surface area contributed by atoms with Gasteiger partial charge in [-0.3, -0.25) is 9.80 Å². The Labute approximate surface area is 322 Å². The molecule has 0 spiro atoms. The molecule has 0 radical (unpaired) electrons. The second kappa shape index (κ2) is 17.2. The molecule has 52 heavy (non-hydrogen) atoms. The molecule has 0 bridgehead atoms. The van der Waals surface area contributed by atoms with Gasteiger partial charge in [-0.05, 0) is 157 Å². The van der Waals surface area contributed by atoms with E-state index in [1.54, 1.807) is 9.48 Å². The molecule has 4 unspecified atom stereocenters. The third-order valence-electron chi connectivity index (χ3n) is 14.3. The number of aromatic nitrogens is 8. The zero-order valence-electron chi connectivity index (χ0n) is 33.4. The normalized spacial score (nSPS) is 39.2. The van der Waals surface area contributed by atoms with Crippen LogP contribution < -0.4 is 0 Å². The molecule has 292 valence electrons. The van der Waals surface area contributed by atoms with Crippen molar-refractivity contribution >= 4 is 23.5 Å². The van der Waals surface area contributed by atoms with Crippen molar-refractivity contribution in [3.63, 3.8) is 0 Å². The molecule has 0 N–H and O–H groups in total. The lowest BCUT2D eigenvalue weighted by Crippen LogP contribution is -2.47. The van der Waals surface area contributed by atoms with E-state index < -0.39 is 0 Å². The SMILES string of the molecule is CC1CC(Sc2nnn(C)n2)CN1C[C@H]1CC[C@H]2CN(C)[C@H](C)C[C@H]2C1.CC1CC(Sc2nnnn2C)CN1C[C@H]1CC[C@H]2CN(C)[C@H](C)C[C@H]2C1. The third-order valence-corrected chi connectivity index (χ3v) is 16.5. The summed E-state index contributed by atoms with van der Waals surface area (Å²) in [5, 5.41) is 27.3. The smallest absolute Gasteiger partial charge is 0.231 e. The molecule has 2 saturated carbocycles. The Bertz CT molecular complexity index is 1420. The van der Waals surface area contributed by atoms with E-state index in [1.165, 1.54) is 103 Å². The van der Waals surface area contributed by atoms with Gasteiger partial charge in [0.05, 0.1) is 7.05 Å². The Balaban J connectivity index is 0.000000162. The van der Waals surface area contributed by atoms with E-state index in [9.17, 15) is 0 Å². The van der Waals surface area contributed by atoms with E-state index in [1.807, 2.05) is 37.6 Å². The summed E-state index contributed by atoms with van der Waals surface area (Å²) in [6.45, 7) is 17.2. The first-order valence-electron chi connectivity index (χ1n) is 20.7. The molecule has 2 aromatic rings. The first-order chi connectivity index (χ1) is 25.0. The Hall–Kier alpha value is -1.32. The average molecular weight is 757 g/mol. The van der Waals surface area contributed by atoms with Crippen LogP contribution in [0.1, 0.15) is 91.9 Å². The maximum absolute atomic E-state index is 4.33. The van der Waals surface area contributed by atoms with Gasteiger partial charge in [0.2, 0.25) is 10.3 Å². The third kappa shape index (κ3) is 9.54. The van der Waals surface area contributed by atoms with Gasteiger partial charge in [-0.15, -0.1) is 15.3 Å². The molecule has 0 amide bonds. The fourth-order valence-corrected chi connectivity index (χ4v) is 13.3. The van der Waals surface area contributed by atoms with Crippen molar-refractivity contribution < 1.29 is 0 Å². The van der Waals surface area contributed by atoms with Crippen LogP contribution in [0.15, 0.2) is 10.3 Å². The van der Waals surface area contributed by atoms with Crippen molar-refractivity contribution in [3.8, 4) is 0 Å². The highest BCUT2D eigenvalue weighted by Crippen LogP contribution is 2.43. The summed E-state index contributed by atoms with van der Waals surface area (Å²) in [6, 6.07) is 2.89. The van der Waals surface area contributed by atoms with Crippen LogP contribution in [0.5, 0.6) is 0 Å². The van der Waals surface area contributed by atoms with E-state index in [2.05, 4.69) is 92.3 Å². The predicted octanol–water partition coefficient (Wildman–Crippen LogP) is 5.04. The van der Waals surface area contributed by atoms with Gasteiger partial charge in [0.1, 0.15) is 0 Å². The first kappa shape index (κ1) is 38.9. The molecular formula is C38H68N12S2. The summed E-state index contributed by atoms with van der Waals surface area (Å²) in [5.74, 6) is 5.63. The summed E-state index contributed by atoms with van der Waals surface area (Å²) in [5.41, 5.74) is 0. The predicted molar refractivity (Wildman–Crippen MR) is 210 cm³/mol. The number of rotatable bonds is 8. The van der Waals surface area contributed by atoms with Crippen molar-refractivity contribution in [2.45, 2.75) is 137 Å². The highest BCUT2D eigenvalue weighted by Gasteiger charge is 2.40. The zero-order chi connectivity index (χ0) is 36.5. The average Bonchev–Trinajstić information content (AvgIpc) is 3.88. The van der Waals surface area contributed by atoms with E-state index in [4.69, 9.17) is 0 Å². The fraction of sp³-hybridized carbons (Fsp3) is 0.947. The van der Waals surface area contributed by atoms with Crippen molar-refractivity contribution in [3.05, 3.63) is 0 Å². The molecular weight excluding hydrogens is 689 g/mol. The Morgan fingerprint density at radius 3 is 1.58 bits per heavy atom. The van der Waals surface area contributed by atoms with Gasteiger partial charge in [0, 0.05) is 81.0 Å². The molecule has 12 atom stereocenters. The number of likely N-dealkylation sites (tertiary alicyclic amines) is 4. The molecule has 12 nitrogen and oxygen atoms in total. The quantitative estimate of drug-likeness (QED) is 0.361. The Kier molecular flexibility index (Phi) is 12.9. The summed E-state index contributed by atoms with van der Waals surface area (Å²) >= 11 is 3.66. The van der Waals surface area contributed by atoms with Crippen LogP contribution in [0.2, 0.25) is 0 Å². The summed E-state index contributed by atoms with van der Waals surface area (Å²) in [6.07, 6.45) is 13.9. The van der Waals surface area contributed by atoms with Gasteiger partial charge >= 0.3 is 0 Å². The number of fused-ring (bicyclic) bond motifs is 2. The van der Waals surface area contributed by atoms with Crippen molar-refractivity contribution in [1.29, 1.82) is 0 Å². The maximum atomic E-state index is 4.33. The van der Waals surface area contributed by atoms with Crippen LogP contribution in [-0.4, -0.2) is 148 Å². The number of piperidine rings is 2. The van der Waals surface area contributed by atoms with Crippen LogP contribution in [0.3, 0.4) is 0 Å². The lowest BCUT2D eigenvalue weighted by atomic mass is 9.69. The van der Waals surface area contributed by atoms with E-state index in [0.29, 0.717) is 22.6 Å². The van der Waals surface area contributed by atoms with Gasteiger partial charge in [-0.1, -0.05) is 23.5 Å². The molecule has 6 heterocycles. The number of hydrogen-bond acceptors (Lipinski definition) is 12. The van der Waals surface area contributed by atoms with Crippen molar-refractivity contribution in [2.24, 2.45) is 49.6 Å². The number of tetrazole rings is 2. The monoisotopic (exact) mass is 757 g/mol. The molecule has 4 saturated heterocycles. The zero-order valence-corrected chi connectivity index (χ0v) is 35.1. The lowest BCUT2D eigenvalue weighted by Gasteiger charge is -2.46.